The highest BCUT2D eigenvalue weighted by atomic mass is 16.6. The van der Waals surface area contributed by atoms with E-state index in [-0.39, 0.29) is 11.5 Å². The van der Waals surface area contributed by atoms with Crippen LogP contribution in [0.5, 0.6) is 11.5 Å². The second-order valence-corrected chi connectivity index (χ2v) is 5.41. The maximum atomic E-state index is 11.4. The summed E-state index contributed by atoms with van der Waals surface area (Å²) in [5, 5.41) is 14.3. The number of nitro groups is 1. The minimum absolute atomic E-state index is 0.111. The Kier molecular flexibility index (Phi) is 5.94. The molecule has 0 unspecified atom stereocenters. The van der Waals surface area contributed by atoms with E-state index in [1.54, 1.807) is 26.4 Å². The third-order valence-electron chi connectivity index (χ3n) is 3.78. The van der Waals surface area contributed by atoms with Gasteiger partial charge in [-0.2, -0.15) is 0 Å². The van der Waals surface area contributed by atoms with Gasteiger partial charge in [0.05, 0.1) is 19.1 Å². The van der Waals surface area contributed by atoms with Crippen molar-refractivity contribution in [1.29, 1.82) is 0 Å². The highest BCUT2D eigenvalue weighted by molar-refractivity contribution is 5.95. The number of methoxy groups -OCH3 is 2. The second-order valence-electron chi connectivity index (χ2n) is 5.41. The van der Waals surface area contributed by atoms with Crippen molar-refractivity contribution >= 4 is 17.2 Å². The fraction of sp³-hybridized carbons (Fsp3) is 0.278. The summed E-state index contributed by atoms with van der Waals surface area (Å²) in [7, 11) is 3.14. The van der Waals surface area contributed by atoms with E-state index in [0.717, 1.165) is 5.56 Å². The zero-order chi connectivity index (χ0) is 18.4. The van der Waals surface area contributed by atoms with Crippen LogP contribution in [0.15, 0.2) is 36.4 Å². The SMILES string of the molecule is COc1ccc(CCNc2ccc(C(C)=O)cc2[N+](=O)[O-])cc1OC. The van der Waals surface area contributed by atoms with Gasteiger partial charge in [0, 0.05) is 18.2 Å². The van der Waals surface area contributed by atoms with Gasteiger partial charge in [0.2, 0.25) is 0 Å². The predicted molar refractivity (Wildman–Crippen MR) is 94.8 cm³/mol. The van der Waals surface area contributed by atoms with Crippen LogP contribution in [0, 0.1) is 10.1 Å². The maximum absolute atomic E-state index is 11.4. The van der Waals surface area contributed by atoms with Crippen molar-refractivity contribution in [3.05, 3.63) is 57.6 Å². The molecular formula is C18H20N2O5. The molecule has 2 aromatic carbocycles. The smallest absolute Gasteiger partial charge is 0.293 e. The van der Waals surface area contributed by atoms with E-state index >= 15 is 0 Å². The number of carbonyl (C=O) groups is 1. The number of hydrogen-bond acceptors (Lipinski definition) is 6. The molecule has 0 bridgehead atoms. The average Bonchev–Trinajstić information content (AvgIpc) is 2.61. The Hall–Kier alpha value is -3.09. The number of anilines is 1. The second kappa shape index (κ2) is 8.14. The van der Waals surface area contributed by atoms with Crippen LogP contribution in [0.1, 0.15) is 22.8 Å². The number of nitro benzene ring substituents is 1. The first-order valence-corrected chi connectivity index (χ1v) is 7.70. The first kappa shape index (κ1) is 18.3. The number of carbonyl (C=O) groups excluding carboxylic acids is 1. The van der Waals surface area contributed by atoms with Gasteiger partial charge in [-0.1, -0.05) is 6.07 Å². The summed E-state index contributed by atoms with van der Waals surface area (Å²) < 4.78 is 10.5. The molecule has 2 aromatic rings. The molecule has 7 nitrogen and oxygen atoms in total. The Labute approximate surface area is 145 Å². The van der Waals surface area contributed by atoms with Crippen LogP contribution in [-0.4, -0.2) is 31.5 Å². The highest BCUT2D eigenvalue weighted by Crippen LogP contribution is 2.28. The molecule has 132 valence electrons. The van der Waals surface area contributed by atoms with Crippen molar-refractivity contribution < 1.29 is 19.2 Å². The van der Waals surface area contributed by atoms with Gasteiger partial charge in [-0.15, -0.1) is 0 Å². The van der Waals surface area contributed by atoms with Gasteiger partial charge in [-0.25, -0.2) is 0 Å². The Bertz CT molecular complexity index is 789. The Morgan fingerprint density at radius 3 is 2.44 bits per heavy atom. The number of ether oxygens (including phenoxy) is 2. The van der Waals surface area contributed by atoms with Crippen LogP contribution >= 0.6 is 0 Å². The van der Waals surface area contributed by atoms with Crippen LogP contribution in [0.2, 0.25) is 0 Å². The zero-order valence-electron chi connectivity index (χ0n) is 14.4. The van der Waals surface area contributed by atoms with Gasteiger partial charge in [0.1, 0.15) is 5.69 Å². The molecule has 0 atom stereocenters. The lowest BCUT2D eigenvalue weighted by Gasteiger charge is -2.11. The molecule has 0 aliphatic heterocycles. The standard InChI is InChI=1S/C18H20N2O5/c1-12(21)14-5-6-15(16(11-14)20(22)23)19-9-8-13-4-7-17(24-2)18(10-13)25-3/h4-7,10-11,19H,8-9H2,1-3H3. The van der Waals surface area contributed by atoms with Crippen LogP contribution < -0.4 is 14.8 Å². The molecule has 0 aromatic heterocycles. The number of Topliss-reactive ketones (excluding diaryl/α,β-unsaturated/α-hetero) is 1. The van der Waals surface area contributed by atoms with Crippen molar-refractivity contribution in [1.82, 2.24) is 0 Å². The van der Waals surface area contributed by atoms with Crippen LogP contribution in [0.25, 0.3) is 0 Å². The predicted octanol–water partition coefficient (Wildman–Crippen LogP) is 3.47. The summed E-state index contributed by atoms with van der Waals surface area (Å²) in [6.07, 6.45) is 0.645. The summed E-state index contributed by atoms with van der Waals surface area (Å²) in [4.78, 5) is 22.1. The first-order valence-electron chi connectivity index (χ1n) is 7.70. The van der Waals surface area contributed by atoms with Gasteiger partial charge >= 0.3 is 0 Å². The minimum atomic E-state index is -0.495. The van der Waals surface area contributed by atoms with Crippen molar-refractivity contribution in [3.8, 4) is 11.5 Å². The van der Waals surface area contributed by atoms with E-state index in [1.807, 2.05) is 18.2 Å². The van der Waals surface area contributed by atoms with Crippen molar-refractivity contribution in [3.63, 3.8) is 0 Å². The molecule has 0 spiro atoms. The summed E-state index contributed by atoms with van der Waals surface area (Å²) in [5.74, 6) is 1.08. The Morgan fingerprint density at radius 1 is 1.12 bits per heavy atom. The molecule has 2 rings (SSSR count). The number of hydrogen-bond donors (Lipinski definition) is 1. The third kappa shape index (κ3) is 4.47. The summed E-state index contributed by atoms with van der Waals surface area (Å²) in [6.45, 7) is 1.87. The average molecular weight is 344 g/mol. The lowest BCUT2D eigenvalue weighted by molar-refractivity contribution is -0.384. The quantitative estimate of drug-likeness (QED) is 0.448. The van der Waals surface area contributed by atoms with E-state index in [2.05, 4.69) is 5.32 Å². The lowest BCUT2D eigenvalue weighted by Crippen LogP contribution is -2.08. The molecule has 0 radical (unpaired) electrons. The van der Waals surface area contributed by atoms with E-state index in [0.29, 0.717) is 35.7 Å². The van der Waals surface area contributed by atoms with E-state index in [9.17, 15) is 14.9 Å². The molecular weight excluding hydrogens is 324 g/mol. The molecule has 7 heteroatoms. The molecule has 0 saturated heterocycles. The van der Waals surface area contributed by atoms with Crippen molar-refractivity contribution in [2.45, 2.75) is 13.3 Å². The normalized spacial score (nSPS) is 10.2. The molecule has 0 fully saturated rings. The maximum Gasteiger partial charge on any atom is 0.293 e. The van der Waals surface area contributed by atoms with E-state index in [4.69, 9.17) is 9.47 Å². The van der Waals surface area contributed by atoms with Crippen LogP contribution in [-0.2, 0) is 6.42 Å². The number of ketones is 1. The summed E-state index contributed by atoms with van der Waals surface area (Å²) in [6, 6.07) is 10.0. The van der Waals surface area contributed by atoms with E-state index < -0.39 is 4.92 Å². The fourth-order valence-electron chi connectivity index (χ4n) is 2.43. The fourth-order valence-corrected chi connectivity index (χ4v) is 2.43. The van der Waals surface area contributed by atoms with Gasteiger partial charge in [0.25, 0.3) is 5.69 Å². The van der Waals surface area contributed by atoms with Crippen molar-refractivity contribution in [2.75, 3.05) is 26.1 Å². The van der Waals surface area contributed by atoms with Crippen LogP contribution in [0.3, 0.4) is 0 Å². The molecule has 25 heavy (non-hydrogen) atoms. The van der Waals surface area contributed by atoms with E-state index in [1.165, 1.54) is 13.0 Å². The number of rotatable bonds is 8. The molecule has 0 saturated carbocycles. The third-order valence-corrected chi connectivity index (χ3v) is 3.78. The molecule has 0 amide bonds. The van der Waals surface area contributed by atoms with Crippen LogP contribution in [0.4, 0.5) is 11.4 Å². The molecule has 0 aliphatic carbocycles. The summed E-state index contributed by atoms with van der Waals surface area (Å²) in [5.41, 5.74) is 1.60. The van der Waals surface area contributed by atoms with Gasteiger partial charge in [0.15, 0.2) is 17.3 Å². The largest absolute Gasteiger partial charge is 0.493 e. The molecule has 0 heterocycles. The Balaban J connectivity index is 2.09. The van der Waals surface area contributed by atoms with Crippen molar-refractivity contribution in [2.24, 2.45) is 0 Å². The van der Waals surface area contributed by atoms with Gasteiger partial charge in [-0.05, 0) is 43.2 Å². The minimum Gasteiger partial charge on any atom is -0.493 e. The highest BCUT2D eigenvalue weighted by Gasteiger charge is 2.16. The summed E-state index contributed by atoms with van der Waals surface area (Å²) >= 11 is 0. The number of nitrogens with one attached hydrogen (secondary N) is 1. The molecule has 1 N–H and O–H groups in total. The number of benzene rings is 2. The number of nitrogens with zero attached hydrogens (tertiary/aromatic N) is 1. The molecule has 0 aliphatic rings. The Morgan fingerprint density at radius 2 is 1.84 bits per heavy atom. The topological polar surface area (TPSA) is 90.7 Å². The first-order chi connectivity index (χ1) is 12.0. The van der Waals surface area contributed by atoms with Gasteiger partial charge < -0.3 is 14.8 Å². The van der Waals surface area contributed by atoms with Gasteiger partial charge in [-0.3, -0.25) is 14.9 Å². The monoisotopic (exact) mass is 344 g/mol. The zero-order valence-corrected chi connectivity index (χ0v) is 14.4. The lowest BCUT2D eigenvalue weighted by atomic mass is 10.1.